The molecule has 4 heterocycles. The highest BCUT2D eigenvalue weighted by molar-refractivity contribution is 6.31. The Hall–Kier alpha value is -3.45. The standard InChI is InChI=1S/C24H22ClN5O2/c1-14-5-6-26-11-22(14)23(31)29-12-18(13-29)28-17-8-19(10-27-9-17)30-15(2)21-7-16(25)3-4-20(21)24(30)32/h3-11,15,18,28H,12-13H2,1-2H3/t15-/m1/s1. The average molecular weight is 448 g/mol. The number of nitrogens with one attached hydrogen (secondary N) is 1. The lowest BCUT2D eigenvalue weighted by Gasteiger charge is -2.40. The third-order valence-corrected chi connectivity index (χ3v) is 6.35. The smallest absolute Gasteiger partial charge is 0.259 e. The number of aryl methyl sites for hydroxylation is 1. The summed E-state index contributed by atoms with van der Waals surface area (Å²) in [7, 11) is 0. The van der Waals surface area contributed by atoms with Crippen molar-refractivity contribution in [1.82, 2.24) is 14.9 Å². The minimum absolute atomic E-state index is 0.00607. The fourth-order valence-corrected chi connectivity index (χ4v) is 4.51. The van der Waals surface area contributed by atoms with Crippen LogP contribution in [0.5, 0.6) is 0 Å². The largest absolute Gasteiger partial charge is 0.377 e. The Kier molecular flexibility index (Phi) is 5.06. The lowest BCUT2D eigenvalue weighted by Crippen LogP contribution is -2.57. The van der Waals surface area contributed by atoms with Crippen molar-refractivity contribution in [3.05, 3.63) is 82.4 Å². The van der Waals surface area contributed by atoms with E-state index in [0.717, 1.165) is 22.5 Å². The molecule has 8 heteroatoms. The zero-order valence-electron chi connectivity index (χ0n) is 17.7. The van der Waals surface area contributed by atoms with Gasteiger partial charge in [0.25, 0.3) is 11.8 Å². The number of aromatic nitrogens is 2. The van der Waals surface area contributed by atoms with E-state index < -0.39 is 0 Å². The summed E-state index contributed by atoms with van der Waals surface area (Å²) >= 11 is 6.13. The second-order valence-electron chi connectivity index (χ2n) is 8.26. The zero-order valence-corrected chi connectivity index (χ0v) is 18.5. The van der Waals surface area contributed by atoms with Crippen LogP contribution in [0.1, 0.15) is 44.8 Å². The normalized spacial score (nSPS) is 17.8. The van der Waals surface area contributed by atoms with Gasteiger partial charge in [0.2, 0.25) is 0 Å². The van der Waals surface area contributed by atoms with Crippen molar-refractivity contribution in [3.63, 3.8) is 0 Å². The Morgan fingerprint density at radius 2 is 1.94 bits per heavy atom. The Morgan fingerprint density at radius 3 is 2.72 bits per heavy atom. The number of fused-ring (bicyclic) bond motifs is 1. The van der Waals surface area contributed by atoms with E-state index in [2.05, 4.69) is 15.3 Å². The molecule has 2 amide bonds. The molecule has 2 aromatic heterocycles. The highest BCUT2D eigenvalue weighted by atomic mass is 35.5. The number of amides is 2. The summed E-state index contributed by atoms with van der Waals surface area (Å²) in [5.41, 5.74) is 4.67. The molecule has 1 fully saturated rings. The van der Waals surface area contributed by atoms with Crippen molar-refractivity contribution in [3.8, 4) is 0 Å². The highest BCUT2D eigenvalue weighted by Gasteiger charge is 2.36. The van der Waals surface area contributed by atoms with Crippen LogP contribution in [0.3, 0.4) is 0 Å². The molecule has 0 bridgehead atoms. The lowest BCUT2D eigenvalue weighted by molar-refractivity contribution is 0.0624. The SMILES string of the molecule is Cc1ccncc1C(=O)N1CC(Nc2cncc(N3C(=O)c4ccc(Cl)cc4[C@H]3C)c2)C1. The molecule has 0 spiro atoms. The van der Waals surface area contributed by atoms with Gasteiger partial charge in [-0.3, -0.25) is 24.5 Å². The van der Waals surface area contributed by atoms with E-state index in [0.29, 0.717) is 29.2 Å². The van der Waals surface area contributed by atoms with Crippen LogP contribution < -0.4 is 10.2 Å². The maximum absolute atomic E-state index is 13.0. The van der Waals surface area contributed by atoms with Gasteiger partial charge in [0.1, 0.15) is 0 Å². The molecular formula is C24H22ClN5O2. The van der Waals surface area contributed by atoms with Gasteiger partial charge < -0.3 is 10.2 Å². The number of nitrogens with zero attached hydrogens (tertiary/aromatic N) is 4. The Balaban J connectivity index is 1.27. The first-order chi connectivity index (χ1) is 15.4. The first-order valence-electron chi connectivity index (χ1n) is 10.5. The summed E-state index contributed by atoms with van der Waals surface area (Å²) < 4.78 is 0. The van der Waals surface area contributed by atoms with Crippen molar-refractivity contribution in [2.24, 2.45) is 0 Å². The lowest BCUT2D eigenvalue weighted by atomic mass is 10.0. The van der Waals surface area contributed by atoms with Crippen molar-refractivity contribution in [1.29, 1.82) is 0 Å². The summed E-state index contributed by atoms with van der Waals surface area (Å²) in [6.45, 7) is 5.09. The molecule has 2 aliphatic rings. The van der Waals surface area contributed by atoms with Crippen molar-refractivity contribution >= 4 is 34.8 Å². The Bertz CT molecular complexity index is 1220. The maximum atomic E-state index is 13.0. The van der Waals surface area contributed by atoms with E-state index in [1.54, 1.807) is 46.7 Å². The molecule has 1 atom stereocenters. The Morgan fingerprint density at radius 1 is 1.12 bits per heavy atom. The summed E-state index contributed by atoms with van der Waals surface area (Å²) in [6, 6.07) is 9.11. The molecule has 0 aliphatic carbocycles. The van der Waals surface area contributed by atoms with Crippen LogP contribution in [0.25, 0.3) is 0 Å². The molecule has 1 aromatic carbocycles. The minimum Gasteiger partial charge on any atom is -0.377 e. The number of benzene rings is 1. The van der Waals surface area contributed by atoms with E-state index in [9.17, 15) is 9.59 Å². The molecule has 1 N–H and O–H groups in total. The fraction of sp³-hybridized carbons (Fsp3) is 0.250. The predicted molar refractivity (Wildman–Crippen MR) is 123 cm³/mol. The molecule has 162 valence electrons. The topological polar surface area (TPSA) is 78.4 Å². The first-order valence-corrected chi connectivity index (χ1v) is 10.8. The number of hydrogen-bond acceptors (Lipinski definition) is 5. The molecule has 1 saturated heterocycles. The zero-order chi connectivity index (χ0) is 22.4. The van der Waals surface area contributed by atoms with Gasteiger partial charge in [-0.15, -0.1) is 0 Å². The van der Waals surface area contributed by atoms with Crippen LogP contribution in [0.4, 0.5) is 11.4 Å². The number of pyridine rings is 2. The first kappa shape index (κ1) is 20.5. The van der Waals surface area contributed by atoms with Crippen LogP contribution >= 0.6 is 11.6 Å². The van der Waals surface area contributed by atoms with Crippen molar-refractivity contribution < 1.29 is 9.59 Å². The Labute approximate surface area is 191 Å². The van der Waals surface area contributed by atoms with Gasteiger partial charge in [-0.2, -0.15) is 0 Å². The average Bonchev–Trinajstić information content (AvgIpc) is 3.00. The second-order valence-corrected chi connectivity index (χ2v) is 8.69. The third kappa shape index (κ3) is 3.48. The van der Waals surface area contributed by atoms with Crippen LogP contribution in [-0.4, -0.2) is 45.8 Å². The van der Waals surface area contributed by atoms with Crippen molar-refractivity contribution in [2.75, 3.05) is 23.3 Å². The van der Waals surface area contributed by atoms with Gasteiger partial charge in [-0.1, -0.05) is 11.6 Å². The van der Waals surface area contributed by atoms with Crippen LogP contribution in [0, 0.1) is 6.92 Å². The molecule has 0 radical (unpaired) electrons. The second kappa shape index (κ2) is 7.91. The molecule has 3 aromatic rings. The molecule has 0 unspecified atom stereocenters. The summed E-state index contributed by atoms with van der Waals surface area (Å²) in [5.74, 6) is -0.0659. The van der Waals surface area contributed by atoms with E-state index in [1.165, 1.54) is 0 Å². The quantitative estimate of drug-likeness (QED) is 0.651. The number of carbonyl (C=O) groups is 2. The van der Waals surface area contributed by atoms with E-state index >= 15 is 0 Å². The molecule has 7 nitrogen and oxygen atoms in total. The molecular weight excluding hydrogens is 426 g/mol. The number of hydrogen-bond donors (Lipinski definition) is 1. The van der Waals surface area contributed by atoms with Crippen LogP contribution in [0.15, 0.2) is 55.1 Å². The summed E-state index contributed by atoms with van der Waals surface area (Å²) in [5, 5.41) is 4.04. The van der Waals surface area contributed by atoms with Gasteiger partial charge in [0.15, 0.2) is 0 Å². The van der Waals surface area contributed by atoms with Crippen LogP contribution in [-0.2, 0) is 0 Å². The highest BCUT2D eigenvalue weighted by Crippen LogP contribution is 2.38. The number of rotatable bonds is 4. The number of anilines is 2. The molecule has 5 rings (SSSR count). The summed E-state index contributed by atoms with van der Waals surface area (Å²) in [6.07, 6.45) is 6.72. The third-order valence-electron chi connectivity index (χ3n) is 6.11. The molecule has 0 saturated carbocycles. The summed E-state index contributed by atoms with van der Waals surface area (Å²) in [4.78, 5) is 37.6. The van der Waals surface area contributed by atoms with Gasteiger partial charge in [-0.25, -0.2) is 0 Å². The van der Waals surface area contributed by atoms with E-state index in [1.807, 2.05) is 32.0 Å². The van der Waals surface area contributed by atoms with Crippen molar-refractivity contribution in [2.45, 2.75) is 25.9 Å². The van der Waals surface area contributed by atoms with Gasteiger partial charge >= 0.3 is 0 Å². The van der Waals surface area contributed by atoms with Gasteiger partial charge in [0, 0.05) is 36.1 Å². The fourth-order valence-electron chi connectivity index (χ4n) is 4.33. The monoisotopic (exact) mass is 447 g/mol. The maximum Gasteiger partial charge on any atom is 0.259 e. The van der Waals surface area contributed by atoms with Gasteiger partial charge in [-0.05, 0) is 55.3 Å². The minimum atomic E-state index is -0.132. The molecule has 32 heavy (non-hydrogen) atoms. The van der Waals surface area contributed by atoms with Gasteiger partial charge in [0.05, 0.1) is 41.4 Å². The number of carbonyl (C=O) groups excluding carboxylic acids is 2. The van der Waals surface area contributed by atoms with Crippen LogP contribution in [0.2, 0.25) is 5.02 Å². The van der Waals surface area contributed by atoms with E-state index in [4.69, 9.17) is 11.6 Å². The predicted octanol–water partition coefficient (Wildman–Crippen LogP) is 4.10. The number of likely N-dealkylation sites (tertiary alicyclic amines) is 1. The van der Waals surface area contributed by atoms with E-state index in [-0.39, 0.29) is 23.9 Å². The number of halogens is 1. The molecule has 2 aliphatic heterocycles.